The minimum absolute atomic E-state index is 0. The third-order valence-corrected chi connectivity index (χ3v) is 4.45. The molecule has 0 bridgehead atoms. The summed E-state index contributed by atoms with van der Waals surface area (Å²) in [7, 11) is 0. The van der Waals surface area contributed by atoms with E-state index in [1.165, 1.54) is 38.5 Å². The van der Waals surface area contributed by atoms with Crippen molar-refractivity contribution in [2.45, 2.75) is 76.4 Å². The SMILES string of the molecule is Cl.O=C(CCC1CCCO1)NCCNC1CCCCCC1. The molecule has 2 fully saturated rings. The second kappa shape index (κ2) is 11.3. The van der Waals surface area contributed by atoms with Crippen molar-refractivity contribution in [1.82, 2.24) is 10.6 Å². The van der Waals surface area contributed by atoms with Gasteiger partial charge in [0.2, 0.25) is 5.91 Å². The third kappa shape index (κ3) is 8.03. The topological polar surface area (TPSA) is 50.4 Å². The van der Waals surface area contributed by atoms with Gasteiger partial charge in [0.05, 0.1) is 6.10 Å². The van der Waals surface area contributed by atoms with Gasteiger partial charge in [-0.15, -0.1) is 12.4 Å². The smallest absolute Gasteiger partial charge is 0.220 e. The maximum absolute atomic E-state index is 11.7. The fourth-order valence-electron chi connectivity index (χ4n) is 3.21. The van der Waals surface area contributed by atoms with E-state index < -0.39 is 0 Å². The molecule has 4 nitrogen and oxygen atoms in total. The molecular weight excluding hydrogens is 288 g/mol. The highest BCUT2D eigenvalue weighted by atomic mass is 35.5. The van der Waals surface area contributed by atoms with Crippen LogP contribution in [0.4, 0.5) is 0 Å². The van der Waals surface area contributed by atoms with Gasteiger partial charge in [-0.1, -0.05) is 25.7 Å². The molecule has 0 aromatic carbocycles. The zero-order chi connectivity index (χ0) is 14.0. The van der Waals surface area contributed by atoms with Gasteiger partial charge in [-0.25, -0.2) is 0 Å². The quantitative estimate of drug-likeness (QED) is 0.560. The van der Waals surface area contributed by atoms with Crippen molar-refractivity contribution >= 4 is 18.3 Å². The van der Waals surface area contributed by atoms with Gasteiger partial charge in [-0.3, -0.25) is 4.79 Å². The molecule has 1 atom stereocenters. The van der Waals surface area contributed by atoms with Gasteiger partial charge in [0.1, 0.15) is 0 Å². The largest absolute Gasteiger partial charge is 0.378 e. The van der Waals surface area contributed by atoms with Crippen molar-refractivity contribution in [2.75, 3.05) is 19.7 Å². The predicted octanol–water partition coefficient (Wildman–Crippen LogP) is 2.80. The zero-order valence-corrected chi connectivity index (χ0v) is 13.9. The standard InChI is InChI=1S/C16H30N2O2.ClH/c19-16(10-9-15-8-5-13-20-15)18-12-11-17-14-6-3-1-2-4-7-14;/h14-15,17H,1-13H2,(H,18,19);1H. The van der Waals surface area contributed by atoms with Gasteiger partial charge in [-0.05, 0) is 32.1 Å². The third-order valence-electron chi connectivity index (χ3n) is 4.45. The molecule has 124 valence electrons. The fourth-order valence-corrected chi connectivity index (χ4v) is 3.21. The summed E-state index contributed by atoms with van der Waals surface area (Å²) in [5, 5.41) is 6.58. The Labute approximate surface area is 135 Å². The first-order valence-corrected chi connectivity index (χ1v) is 8.46. The predicted molar refractivity (Wildman–Crippen MR) is 88.0 cm³/mol. The summed E-state index contributed by atoms with van der Waals surface area (Å²) in [5.41, 5.74) is 0. The summed E-state index contributed by atoms with van der Waals surface area (Å²) >= 11 is 0. The molecule has 0 spiro atoms. The number of nitrogens with one attached hydrogen (secondary N) is 2. The summed E-state index contributed by atoms with van der Waals surface area (Å²) in [4.78, 5) is 11.7. The van der Waals surface area contributed by atoms with E-state index in [9.17, 15) is 4.79 Å². The number of rotatable bonds is 7. The molecule has 1 unspecified atom stereocenters. The van der Waals surface area contributed by atoms with Gasteiger partial charge in [0.25, 0.3) is 0 Å². The maximum atomic E-state index is 11.7. The van der Waals surface area contributed by atoms with Gasteiger partial charge < -0.3 is 15.4 Å². The Bertz CT molecular complexity index is 275. The van der Waals surface area contributed by atoms with E-state index in [1.807, 2.05) is 0 Å². The van der Waals surface area contributed by atoms with Crippen LogP contribution in [-0.2, 0) is 9.53 Å². The van der Waals surface area contributed by atoms with E-state index in [-0.39, 0.29) is 18.3 Å². The molecule has 2 aliphatic rings. The molecule has 2 N–H and O–H groups in total. The Hall–Kier alpha value is -0.320. The monoisotopic (exact) mass is 318 g/mol. The Morgan fingerprint density at radius 3 is 2.43 bits per heavy atom. The lowest BCUT2D eigenvalue weighted by molar-refractivity contribution is -0.121. The van der Waals surface area contributed by atoms with E-state index in [2.05, 4.69) is 10.6 Å². The van der Waals surface area contributed by atoms with Crippen LogP contribution >= 0.6 is 12.4 Å². The number of hydrogen-bond donors (Lipinski definition) is 2. The van der Waals surface area contributed by atoms with Gasteiger partial charge >= 0.3 is 0 Å². The van der Waals surface area contributed by atoms with Crippen LogP contribution in [0.15, 0.2) is 0 Å². The molecule has 2 rings (SSSR count). The number of amides is 1. The summed E-state index contributed by atoms with van der Waals surface area (Å²) in [6, 6.07) is 0.668. The second-order valence-electron chi connectivity index (χ2n) is 6.17. The van der Waals surface area contributed by atoms with Gasteiger partial charge in [0.15, 0.2) is 0 Å². The van der Waals surface area contributed by atoms with E-state index in [4.69, 9.17) is 4.74 Å². The number of ether oxygens (including phenoxy) is 1. The fraction of sp³-hybridized carbons (Fsp3) is 0.938. The molecule has 1 amide bonds. The van der Waals surface area contributed by atoms with Crippen LogP contribution in [0.2, 0.25) is 0 Å². The molecule has 1 saturated heterocycles. The van der Waals surface area contributed by atoms with Gasteiger partial charge in [0, 0.05) is 32.2 Å². The average Bonchev–Trinajstić information content (AvgIpc) is 2.84. The molecule has 0 aromatic rings. The minimum atomic E-state index is 0. The van der Waals surface area contributed by atoms with Crippen LogP contribution < -0.4 is 10.6 Å². The number of carbonyl (C=O) groups is 1. The van der Waals surface area contributed by atoms with Crippen molar-refractivity contribution in [3.8, 4) is 0 Å². The summed E-state index contributed by atoms with van der Waals surface area (Å²) in [6.07, 6.45) is 12.2. The highest BCUT2D eigenvalue weighted by Gasteiger charge is 2.16. The zero-order valence-electron chi connectivity index (χ0n) is 13.1. The van der Waals surface area contributed by atoms with Crippen LogP contribution in [0, 0.1) is 0 Å². The molecule has 1 aliphatic carbocycles. The van der Waals surface area contributed by atoms with Crippen molar-refractivity contribution < 1.29 is 9.53 Å². The molecule has 1 heterocycles. The normalized spacial score (nSPS) is 23.3. The highest BCUT2D eigenvalue weighted by molar-refractivity contribution is 5.85. The molecule has 0 aromatic heterocycles. The van der Waals surface area contributed by atoms with Crippen LogP contribution in [0.25, 0.3) is 0 Å². The van der Waals surface area contributed by atoms with Crippen LogP contribution in [0.1, 0.15) is 64.2 Å². The van der Waals surface area contributed by atoms with Crippen LogP contribution in [0.3, 0.4) is 0 Å². The Kier molecular flexibility index (Phi) is 10.1. The summed E-state index contributed by atoms with van der Waals surface area (Å²) in [5.74, 6) is 0.170. The van der Waals surface area contributed by atoms with Crippen LogP contribution in [-0.4, -0.2) is 37.7 Å². The number of carbonyl (C=O) groups excluding carboxylic acids is 1. The van der Waals surface area contributed by atoms with E-state index in [0.717, 1.165) is 39.0 Å². The first kappa shape index (κ1) is 18.7. The van der Waals surface area contributed by atoms with Crippen molar-refractivity contribution in [3.05, 3.63) is 0 Å². The molecule has 21 heavy (non-hydrogen) atoms. The number of halogens is 1. The molecule has 5 heteroatoms. The van der Waals surface area contributed by atoms with E-state index >= 15 is 0 Å². The Morgan fingerprint density at radius 2 is 1.76 bits per heavy atom. The molecule has 1 aliphatic heterocycles. The van der Waals surface area contributed by atoms with E-state index in [1.54, 1.807) is 0 Å². The summed E-state index contributed by atoms with van der Waals surface area (Å²) < 4.78 is 5.53. The molecular formula is C16H31ClN2O2. The van der Waals surface area contributed by atoms with Crippen LogP contribution in [0.5, 0.6) is 0 Å². The lowest BCUT2D eigenvalue weighted by Gasteiger charge is -2.16. The van der Waals surface area contributed by atoms with Gasteiger partial charge in [-0.2, -0.15) is 0 Å². The van der Waals surface area contributed by atoms with Crippen molar-refractivity contribution in [3.63, 3.8) is 0 Å². The summed E-state index contributed by atoms with van der Waals surface area (Å²) in [6.45, 7) is 2.52. The van der Waals surface area contributed by atoms with Crippen molar-refractivity contribution in [1.29, 1.82) is 0 Å². The molecule has 1 saturated carbocycles. The first-order chi connectivity index (χ1) is 9.84. The number of hydrogen-bond acceptors (Lipinski definition) is 3. The molecule has 0 radical (unpaired) electrons. The lowest BCUT2D eigenvalue weighted by atomic mass is 10.1. The maximum Gasteiger partial charge on any atom is 0.220 e. The van der Waals surface area contributed by atoms with E-state index in [0.29, 0.717) is 18.6 Å². The Morgan fingerprint density at radius 1 is 1.00 bits per heavy atom. The average molecular weight is 319 g/mol. The lowest BCUT2D eigenvalue weighted by Crippen LogP contribution is -2.37. The minimum Gasteiger partial charge on any atom is -0.378 e. The second-order valence-corrected chi connectivity index (χ2v) is 6.17. The van der Waals surface area contributed by atoms with Crippen molar-refractivity contribution in [2.24, 2.45) is 0 Å². The first-order valence-electron chi connectivity index (χ1n) is 8.46. The Balaban J connectivity index is 0.00000220. The highest BCUT2D eigenvalue weighted by Crippen LogP contribution is 2.17.